The van der Waals surface area contributed by atoms with Crippen molar-refractivity contribution >= 4 is 0 Å². The quantitative estimate of drug-likeness (QED) is 0.852. The molecule has 2 aromatic carbocycles. The van der Waals surface area contributed by atoms with Crippen LogP contribution in [0.25, 0.3) is 0 Å². The van der Waals surface area contributed by atoms with E-state index < -0.39 is 0 Å². The Kier molecular flexibility index (Phi) is 4.11. The summed E-state index contributed by atoms with van der Waals surface area (Å²) < 4.78 is 5.93. The molecule has 1 saturated carbocycles. The number of hydrogen-bond donors (Lipinski definition) is 2. The molecule has 0 heterocycles. The minimum Gasteiger partial charge on any atom is -0.508 e. The highest BCUT2D eigenvalue weighted by atomic mass is 16.5. The van der Waals surface area contributed by atoms with Gasteiger partial charge < -0.3 is 15.2 Å². The van der Waals surface area contributed by atoms with E-state index >= 15 is 0 Å². The van der Waals surface area contributed by atoms with Crippen molar-refractivity contribution in [3.8, 4) is 11.5 Å². The number of aryl methyl sites for hydroxylation is 1. The van der Waals surface area contributed by atoms with Gasteiger partial charge in [0.05, 0.1) is 0 Å². The third kappa shape index (κ3) is 3.99. The molecule has 3 heteroatoms. The summed E-state index contributed by atoms with van der Waals surface area (Å²) >= 11 is 0. The number of phenolic OH excluding ortho intramolecular Hbond substituents is 1. The maximum atomic E-state index is 9.49. The van der Waals surface area contributed by atoms with E-state index in [0.29, 0.717) is 12.6 Å². The second kappa shape index (κ2) is 6.19. The van der Waals surface area contributed by atoms with Crippen LogP contribution in [0.15, 0.2) is 42.5 Å². The van der Waals surface area contributed by atoms with Crippen LogP contribution in [0.5, 0.6) is 11.5 Å². The molecule has 1 fully saturated rings. The molecule has 1 aliphatic rings. The van der Waals surface area contributed by atoms with Crippen molar-refractivity contribution in [3.63, 3.8) is 0 Å². The summed E-state index contributed by atoms with van der Waals surface area (Å²) in [5, 5.41) is 13.0. The van der Waals surface area contributed by atoms with Gasteiger partial charge in [-0.3, -0.25) is 0 Å². The first-order valence-electron chi connectivity index (χ1n) is 7.44. The molecule has 110 valence electrons. The van der Waals surface area contributed by atoms with Crippen molar-refractivity contribution < 1.29 is 9.84 Å². The lowest BCUT2D eigenvalue weighted by atomic mass is 10.1. The second-order valence-corrected chi connectivity index (χ2v) is 5.72. The number of phenols is 1. The number of nitrogens with one attached hydrogen (secondary N) is 1. The Morgan fingerprint density at radius 1 is 1.19 bits per heavy atom. The maximum Gasteiger partial charge on any atom is 0.124 e. The van der Waals surface area contributed by atoms with Crippen LogP contribution in [0.2, 0.25) is 0 Å². The van der Waals surface area contributed by atoms with Crippen molar-refractivity contribution in [1.29, 1.82) is 0 Å². The normalized spacial score (nSPS) is 14.1. The fourth-order valence-corrected chi connectivity index (χ4v) is 2.34. The number of aromatic hydroxyl groups is 1. The van der Waals surface area contributed by atoms with Crippen molar-refractivity contribution in [2.75, 3.05) is 0 Å². The molecule has 0 spiro atoms. The van der Waals surface area contributed by atoms with Gasteiger partial charge in [-0.05, 0) is 43.5 Å². The van der Waals surface area contributed by atoms with E-state index in [9.17, 15) is 5.11 Å². The molecule has 2 N–H and O–H groups in total. The molecule has 21 heavy (non-hydrogen) atoms. The Morgan fingerprint density at radius 2 is 2.05 bits per heavy atom. The highest BCUT2D eigenvalue weighted by Gasteiger charge is 2.20. The van der Waals surface area contributed by atoms with Gasteiger partial charge in [-0.2, -0.15) is 0 Å². The number of ether oxygens (including phenoxy) is 1. The van der Waals surface area contributed by atoms with Crippen LogP contribution in [-0.2, 0) is 13.2 Å². The van der Waals surface area contributed by atoms with Gasteiger partial charge in [0.25, 0.3) is 0 Å². The fourth-order valence-electron chi connectivity index (χ4n) is 2.34. The average molecular weight is 283 g/mol. The number of hydrogen-bond acceptors (Lipinski definition) is 3. The third-order valence-electron chi connectivity index (χ3n) is 3.68. The highest BCUT2D eigenvalue weighted by Crippen LogP contribution is 2.24. The summed E-state index contributed by atoms with van der Waals surface area (Å²) in [4.78, 5) is 0. The third-order valence-corrected chi connectivity index (χ3v) is 3.68. The summed E-state index contributed by atoms with van der Waals surface area (Å²) in [6.45, 7) is 3.41. The van der Waals surface area contributed by atoms with Crippen LogP contribution in [0, 0.1) is 6.92 Å². The van der Waals surface area contributed by atoms with E-state index in [-0.39, 0.29) is 5.75 Å². The molecule has 0 aromatic heterocycles. The standard InChI is InChI=1S/C18H21NO2/c1-13-5-8-18(15(9-13)11-19-16-6-7-16)21-12-14-3-2-4-17(20)10-14/h2-5,8-10,16,19-20H,6-7,11-12H2,1H3. The summed E-state index contributed by atoms with van der Waals surface area (Å²) in [5.41, 5.74) is 3.41. The van der Waals surface area contributed by atoms with Crippen LogP contribution < -0.4 is 10.1 Å². The predicted molar refractivity (Wildman–Crippen MR) is 83.5 cm³/mol. The van der Waals surface area contributed by atoms with E-state index in [1.807, 2.05) is 18.2 Å². The van der Waals surface area contributed by atoms with Crippen molar-refractivity contribution in [2.45, 2.75) is 39.0 Å². The number of rotatable bonds is 6. The van der Waals surface area contributed by atoms with E-state index in [0.717, 1.165) is 17.9 Å². The monoisotopic (exact) mass is 283 g/mol. The van der Waals surface area contributed by atoms with Crippen molar-refractivity contribution in [1.82, 2.24) is 5.32 Å². The van der Waals surface area contributed by atoms with Crippen LogP contribution in [0.3, 0.4) is 0 Å². The molecule has 0 bridgehead atoms. The molecule has 0 unspecified atom stereocenters. The Morgan fingerprint density at radius 3 is 2.81 bits per heavy atom. The second-order valence-electron chi connectivity index (χ2n) is 5.72. The van der Waals surface area contributed by atoms with Gasteiger partial charge in [0.2, 0.25) is 0 Å². The van der Waals surface area contributed by atoms with Gasteiger partial charge in [0.1, 0.15) is 18.1 Å². The van der Waals surface area contributed by atoms with Gasteiger partial charge in [0.15, 0.2) is 0 Å². The largest absolute Gasteiger partial charge is 0.508 e. The first-order valence-corrected chi connectivity index (χ1v) is 7.44. The lowest BCUT2D eigenvalue weighted by Gasteiger charge is -2.13. The zero-order valence-electron chi connectivity index (χ0n) is 12.3. The zero-order valence-corrected chi connectivity index (χ0v) is 12.3. The molecule has 1 aliphatic carbocycles. The van der Waals surface area contributed by atoms with Crippen LogP contribution in [0.4, 0.5) is 0 Å². The van der Waals surface area contributed by atoms with E-state index in [2.05, 4.69) is 24.4 Å². The van der Waals surface area contributed by atoms with Gasteiger partial charge in [-0.15, -0.1) is 0 Å². The Bertz CT molecular complexity index is 620. The van der Waals surface area contributed by atoms with Crippen LogP contribution in [-0.4, -0.2) is 11.1 Å². The first-order chi connectivity index (χ1) is 10.2. The zero-order chi connectivity index (χ0) is 14.7. The lowest BCUT2D eigenvalue weighted by molar-refractivity contribution is 0.301. The molecule has 0 atom stereocenters. The smallest absolute Gasteiger partial charge is 0.124 e. The fraction of sp³-hybridized carbons (Fsp3) is 0.333. The summed E-state index contributed by atoms with van der Waals surface area (Å²) in [6, 6.07) is 14.1. The highest BCUT2D eigenvalue weighted by molar-refractivity contribution is 5.37. The molecule has 2 aromatic rings. The maximum absolute atomic E-state index is 9.49. The minimum absolute atomic E-state index is 0.274. The molecule has 3 nitrogen and oxygen atoms in total. The Hall–Kier alpha value is -2.00. The van der Waals surface area contributed by atoms with Gasteiger partial charge in [-0.25, -0.2) is 0 Å². The van der Waals surface area contributed by atoms with Crippen molar-refractivity contribution in [3.05, 3.63) is 59.2 Å². The SMILES string of the molecule is Cc1ccc(OCc2cccc(O)c2)c(CNC2CC2)c1. The predicted octanol–water partition coefficient (Wildman–Crippen LogP) is 3.53. The molecule has 0 amide bonds. The average Bonchev–Trinajstić information content (AvgIpc) is 3.28. The summed E-state index contributed by atoms with van der Waals surface area (Å²) in [6.07, 6.45) is 2.57. The molecule has 3 rings (SSSR count). The van der Waals surface area contributed by atoms with Crippen LogP contribution >= 0.6 is 0 Å². The molecular weight excluding hydrogens is 262 g/mol. The minimum atomic E-state index is 0.274. The Labute approximate surface area is 125 Å². The summed E-state index contributed by atoms with van der Waals surface area (Å²) in [5.74, 6) is 1.19. The van der Waals surface area contributed by atoms with Gasteiger partial charge in [-0.1, -0.05) is 29.8 Å². The van der Waals surface area contributed by atoms with Crippen LogP contribution in [0.1, 0.15) is 29.5 Å². The first kappa shape index (κ1) is 14.0. The lowest BCUT2D eigenvalue weighted by Crippen LogP contribution is -2.16. The van der Waals surface area contributed by atoms with Gasteiger partial charge >= 0.3 is 0 Å². The van der Waals surface area contributed by atoms with E-state index in [4.69, 9.17) is 4.74 Å². The molecular formula is C18H21NO2. The number of benzene rings is 2. The Balaban J connectivity index is 1.68. The molecule has 0 saturated heterocycles. The topological polar surface area (TPSA) is 41.5 Å². The van der Waals surface area contributed by atoms with E-state index in [1.54, 1.807) is 12.1 Å². The molecule has 0 aliphatic heterocycles. The van der Waals surface area contributed by atoms with E-state index in [1.165, 1.54) is 24.0 Å². The summed E-state index contributed by atoms with van der Waals surface area (Å²) in [7, 11) is 0. The van der Waals surface area contributed by atoms with Gasteiger partial charge in [0, 0.05) is 18.2 Å². The van der Waals surface area contributed by atoms with Crippen molar-refractivity contribution in [2.24, 2.45) is 0 Å². The molecule has 0 radical (unpaired) electrons.